The minimum Gasteiger partial charge on any atom is -0.493 e. The molecule has 1 aliphatic heterocycles. The molecule has 4 nitrogen and oxygen atoms in total. The Morgan fingerprint density at radius 2 is 1.95 bits per heavy atom. The van der Waals surface area contributed by atoms with E-state index in [-0.39, 0.29) is 11.8 Å². The second-order valence-corrected chi connectivity index (χ2v) is 5.52. The highest BCUT2D eigenvalue weighted by Crippen LogP contribution is 2.40. The van der Waals surface area contributed by atoms with E-state index in [4.69, 9.17) is 21.1 Å². The van der Waals surface area contributed by atoms with Crippen LogP contribution in [0.25, 0.3) is 0 Å². The highest BCUT2D eigenvalue weighted by Gasteiger charge is 2.26. The van der Waals surface area contributed by atoms with Crippen LogP contribution in [0.3, 0.4) is 0 Å². The van der Waals surface area contributed by atoms with Gasteiger partial charge in [0.05, 0.1) is 25.3 Å². The van der Waals surface area contributed by atoms with Crippen LogP contribution in [0, 0.1) is 0 Å². The highest BCUT2D eigenvalue weighted by atomic mass is 35.5. The fourth-order valence-corrected chi connectivity index (χ4v) is 3.02. The number of ketones is 1. The summed E-state index contributed by atoms with van der Waals surface area (Å²) >= 11 is 6.25. The van der Waals surface area contributed by atoms with Gasteiger partial charge in [0.15, 0.2) is 17.3 Å². The predicted octanol–water partition coefficient (Wildman–Crippen LogP) is 4.10. The van der Waals surface area contributed by atoms with Gasteiger partial charge in [0, 0.05) is 17.7 Å². The molecule has 5 heteroatoms. The van der Waals surface area contributed by atoms with Crippen molar-refractivity contribution in [2.45, 2.75) is 12.5 Å². The van der Waals surface area contributed by atoms with Gasteiger partial charge in [0.25, 0.3) is 0 Å². The van der Waals surface area contributed by atoms with Crippen molar-refractivity contribution in [2.75, 3.05) is 19.5 Å². The third kappa shape index (κ3) is 2.50. The maximum absolute atomic E-state index is 12.3. The third-order valence-electron chi connectivity index (χ3n) is 3.80. The number of carbonyl (C=O) groups is 1. The zero-order valence-electron chi connectivity index (χ0n) is 12.4. The zero-order chi connectivity index (χ0) is 15.7. The van der Waals surface area contributed by atoms with E-state index in [1.54, 1.807) is 14.2 Å². The first-order chi connectivity index (χ1) is 10.6. The van der Waals surface area contributed by atoms with Crippen LogP contribution in [-0.4, -0.2) is 20.0 Å². The molecule has 0 aromatic heterocycles. The lowest BCUT2D eigenvalue weighted by atomic mass is 9.92. The van der Waals surface area contributed by atoms with Gasteiger partial charge in [-0.25, -0.2) is 0 Å². The number of methoxy groups -OCH3 is 2. The van der Waals surface area contributed by atoms with E-state index >= 15 is 0 Å². The fourth-order valence-electron chi connectivity index (χ4n) is 2.73. The maximum atomic E-state index is 12.3. The van der Waals surface area contributed by atoms with Gasteiger partial charge < -0.3 is 14.8 Å². The molecule has 0 aliphatic carbocycles. The molecule has 0 radical (unpaired) electrons. The molecular weight excluding hydrogens is 302 g/mol. The summed E-state index contributed by atoms with van der Waals surface area (Å²) in [5.74, 6) is 1.17. The molecule has 1 unspecified atom stereocenters. The Bertz CT molecular complexity index is 730. The summed E-state index contributed by atoms with van der Waals surface area (Å²) in [6, 6.07) is 11.0. The van der Waals surface area contributed by atoms with E-state index in [2.05, 4.69) is 5.32 Å². The van der Waals surface area contributed by atoms with Gasteiger partial charge in [-0.1, -0.05) is 23.7 Å². The highest BCUT2D eigenvalue weighted by molar-refractivity contribution is 6.32. The van der Waals surface area contributed by atoms with Crippen LogP contribution in [-0.2, 0) is 0 Å². The minimum absolute atomic E-state index is 0.116. The second-order valence-electron chi connectivity index (χ2n) is 5.11. The van der Waals surface area contributed by atoms with Gasteiger partial charge in [-0.3, -0.25) is 4.79 Å². The molecule has 2 aromatic rings. The van der Waals surface area contributed by atoms with Gasteiger partial charge in [-0.15, -0.1) is 0 Å². The fraction of sp³-hybridized carbons (Fsp3) is 0.235. The number of Topliss-reactive ketones (excluding diaryl/α,β-unsaturated/α-hetero) is 1. The van der Waals surface area contributed by atoms with E-state index in [0.29, 0.717) is 22.9 Å². The monoisotopic (exact) mass is 317 g/mol. The lowest BCUT2D eigenvalue weighted by molar-refractivity contribution is 0.0972. The molecule has 114 valence electrons. The first-order valence-electron chi connectivity index (χ1n) is 6.94. The molecule has 0 saturated heterocycles. The molecule has 1 heterocycles. The topological polar surface area (TPSA) is 47.6 Å². The first kappa shape index (κ1) is 14.7. The van der Waals surface area contributed by atoms with Crippen molar-refractivity contribution in [3.8, 4) is 11.5 Å². The molecule has 3 rings (SSSR count). The first-order valence-corrected chi connectivity index (χ1v) is 7.32. The second kappa shape index (κ2) is 5.89. The SMILES string of the molecule is COc1cc(C2CC(=O)c3ccccc3N2)cc(Cl)c1OC. The number of nitrogens with one attached hydrogen (secondary N) is 1. The number of fused-ring (bicyclic) bond motifs is 1. The van der Waals surface area contributed by atoms with Gasteiger partial charge in [-0.05, 0) is 29.8 Å². The Labute approximate surface area is 134 Å². The Hall–Kier alpha value is -2.20. The van der Waals surface area contributed by atoms with Gasteiger partial charge in [-0.2, -0.15) is 0 Å². The van der Waals surface area contributed by atoms with Crippen LogP contribution in [0.5, 0.6) is 11.5 Å². The minimum atomic E-state index is -0.139. The lowest BCUT2D eigenvalue weighted by Gasteiger charge is -2.27. The van der Waals surface area contributed by atoms with Crippen molar-refractivity contribution in [2.24, 2.45) is 0 Å². The van der Waals surface area contributed by atoms with E-state index in [9.17, 15) is 4.79 Å². The Morgan fingerprint density at radius 3 is 2.68 bits per heavy atom. The van der Waals surface area contributed by atoms with Crippen LogP contribution in [0.4, 0.5) is 5.69 Å². The molecule has 1 N–H and O–H groups in total. The van der Waals surface area contributed by atoms with Crippen molar-refractivity contribution in [1.29, 1.82) is 0 Å². The normalized spacial score (nSPS) is 16.7. The number of para-hydroxylation sites is 1. The number of hydrogen-bond acceptors (Lipinski definition) is 4. The Kier molecular flexibility index (Phi) is 3.94. The summed E-state index contributed by atoms with van der Waals surface area (Å²) < 4.78 is 10.6. The Morgan fingerprint density at radius 1 is 1.18 bits per heavy atom. The number of anilines is 1. The number of benzene rings is 2. The summed E-state index contributed by atoms with van der Waals surface area (Å²) in [5.41, 5.74) is 2.46. The predicted molar refractivity (Wildman–Crippen MR) is 86.3 cm³/mol. The Balaban J connectivity index is 1.99. The average Bonchev–Trinajstić information content (AvgIpc) is 2.54. The summed E-state index contributed by atoms with van der Waals surface area (Å²) in [7, 11) is 3.11. The van der Waals surface area contributed by atoms with Crippen LogP contribution in [0.1, 0.15) is 28.4 Å². The van der Waals surface area contributed by atoms with Gasteiger partial charge in [0.2, 0.25) is 0 Å². The molecule has 2 aromatic carbocycles. The molecular formula is C17H16ClNO3. The summed E-state index contributed by atoms with van der Waals surface area (Å²) in [6.07, 6.45) is 0.378. The number of rotatable bonds is 3. The number of halogens is 1. The largest absolute Gasteiger partial charge is 0.493 e. The molecule has 0 amide bonds. The van der Waals surface area contributed by atoms with Crippen molar-refractivity contribution in [3.05, 3.63) is 52.5 Å². The lowest BCUT2D eigenvalue weighted by Crippen LogP contribution is -2.22. The summed E-state index contributed by atoms with van der Waals surface area (Å²) in [6.45, 7) is 0. The standard InChI is InChI=1S/C17H16ClNO3/c1-21-16-8-10(7-12(18)17(16)22-2)14-9-15(20)11-5-3-4-6-13(11)19-14/h3-8,14,19H,9H2,1-2H3. The smallest absolute Gasteiger partial charge is 0.179 e. The van der Waals surface area contributed by atoms with E-state index < -0.39 is 0 Å². The molecule has 0 fully saturated rings. The summed E-state index contributed by atoms with van der Waals surface area (Å²) in [5, 5.41) is 3.85. The maximum Gasteiger partial charge on any atom is 0.179 e. The van der Waals surface area contributed by atoms with E-state index in [1.165, 1.54) is 0 Å². The van der Waals surface area contributed by atoms with Crippen molar-refractivity contribution < 1.29 is 14.3 Å². The number of hydrogen-bond donors (Lipinski definition) is 1. The van der Waals surface area contributed by atoms with E-state index in [1.807, 2.05) is 36.4 Å². The molecule has 0 bridgehead atoms. The van der Waals surface area contributed by atoms with Crippen molar-refractivity contribution in [3.63, 3.8) is 0 Å². The van der Waals surface area contributed by atoms with E-state index in [0.717, 1.165) is 16.8 Å². The number of carbonyl (C=O) groups excluding carboxylic acids is 1. The molecule has 22 heavy (non-hydrogen) atoms. The molecule has 1 atom stereocenters. The molecule has 0 saturated carbocycles. The van der Waals surface area contributed by atoms with Crippen LogP contribution in [0.2, 0.25) is 5.02 Å². The average molecular weight is 318 g/mol. The molecule has 0 spiro atoms. The van der Waals surface area contributed by atoms with Crippen molar-refractivity contribution in [1.82, 2.24) is 0 Å². The van der Waals surface area contributed by atoms with Crippen LogP contribution in [0.15, 0.2) is 36.4 Å². The molecule has 1 aliphatic rings. The zero-order valence-corrected chi connectivity index (χ0v) is 13.1. The van der Waals surface area contributed by atoms with Crippen molar-refractivity contribution >= 4 is 23.1 Å². The van der Waals surface area contributed by atoms with Crippen LogP contribution >= 0.6 is 11.6 Å². The third-order valence-corrected chi connectivity index (χ3v) is 4.09. The summed E-state index contributed by atoms with van der Waals surface area (Å²) in [4.78, 5) is 12.3. The van der Waals surface area contributed by atoms with Gasteiger partial charge >= 0.3 is 0 Å². The van der Waals surface area contributed by atoms with Gasteiger partial charge in [0.1, 0.15) is 0 Å². The quantitative estimate of drug-likeness (QED) is 0.926. The van der Waals surface area contributed by atoms with Crippen LogP contribution < -0.4 is 14.8 Å². The number of ether oxygens (including phenoxy) is 2.